The molecule has 1 aromatic heterocycles. The van der Waals surface area contributed by atoms with Crippen molar-refractivity contribution in [2.24, 2.45) is 0 Å². The first-order valence-corrected chi connectivity index (χ1v) is 11.3. The van der Waals surface area contributed by atoms with Gasteiger partial charge in [-0.25, -0.2) is 9.89 Å². The van der Waals surface area contributed by atoms with Crippen molar-refractivity contribution in [3.8, 4) is 0 Å². The Labute approximate surface area is 190 Å². The highest BCUT2D eigenvalue weighted by molar-refractivity contribution is 8.00. The maximum atomic E-state index is 13.5. The summed E-state index contributed by atoms with van der Waals surface area (Å²) in [5, 5.41) is 9.35. The minimum atomic E-state index is -1.06. The number of fused-ring (bicyclic) bond motifs is 1. The van der Waals surface area contributed by atoms with E-state index < -0.39 is 10.8 Å². The summed E-state index contributed by atoms with van der Waals surface area (Å²) in [6.45, 7) is 5.65. The lowest BCUT2D eigenvalue weighted by Crippen LogP contribution is -2.60. The first-order valence-electron chi connectivity index (χ1n) is 10.4. The number of aryl methyl sites for hydroxylation is 1. The third kappa shape index (κ3) is 4.08. The highest BCUT2D eigenvalue weighted by Crippen LogP contribution is 2.38. The summed E-state index contributed by atoms with van der Waals surface area (Å²) in [4.78, 5) is 40.0. The Kier molecular flexibility index (Phi) is 5.92. The zero-order valence-corrected chi connectivity index (χ0v) is 19.0. The molecule has 8 nitrogen and oxygen atoms in total. The molecule has 0 radical (unpaired) electrons. The van der Waals surface area contributed by atoms with Crippen molar-refractivity contribution >= 4 is 35.0 Å². The molecule has 0 aliphatic carbocycles. The number of nitrogens with one attached hydrogen (secondary N) is 2. The van der Waals surface area contributed by atoms with Gasteiger partial charge in [0.15, 0.2) is 5.16 Å². The average Bonchev–Trinajstić information content (AvgIpc) is 3.12. The maximum absolute atomic E-state index is 13.5. The summed E-state index contributed by atoms with van der Waals surface area (Å²) < 4.78 is 1.55. The number of carbonyl (C=O) groups is 2. The van der Waals surface area contributed by atoms with E-state index in [1.165, 1.54) is 16.7 Å². The Bertz CT molecular complexity index is 1200. The number of carbonyl (C=O) groups excluding carboxylic acids is 2. The molecule has 2 N–H and O–H groups in total. The molecule has 1 unspecified atom stereocenters. The molecule has 4 rings (SSSR count). The van der Waals surface area contributed by atoms with E-state index in [0.29, 0.717) is 29.5 Å². The van der Waals surface area contributed by atoms with E-state index in [-0.39, 0.29) is 17.5 Å². The number of amides is 2. The molecule has 1 aliphatic rings. The van der Waals surface area contributed by atoms with Gasteiger partial charge in [-0.1, -0.05) is 54.2 Å². The third-order valence-electron chi connectivity index (χ3n) is 5.55. The predicted octanol–water partition coefficient (Wildman–Crippen LogP) is 3.06. The normalized spacial score (nSPS) is 15.7. The van der Waals surface area contributed by atoms with E-state index in [0.717, 1.165) is 5.56 Å². The fourth-order valence-electron chi connectivity index (χ4n) is 3.71. The second-order valence-electron chi connectivity index (χ2n) is 8.16. The minimum absolute atomic E-state index is 0.229. The number of aromatic nitrogens is 3. The van der Waals surface area contributed by atoms with E-state index in [4.69, 9.17) is 0 Å². The van der Waals surface area contributed by atoms with Gasteiger partial charge in [0.25, 0.3) is 0 Å². The second-order valence-corrected chi connectivity index (χ2v) is 9.47. The van der Waals surface area contributed by atoms with Gasteiger partial charge < -0.3 is 5.32 Å². The van der Waals surface area contributed by atoms with Crippen molar-refractivity contribution < 1.29 is 9.59 Å². The Balaban J connectivity index is 1.56. The minimum Gasteiger partial charge on any atom is -0.322 e. The SMILES string of the molecule is CC(Sc1n[nH]c(=O)n1CCc1ccccc1)C(=O)N1c2ccccc2NC(=O)C1(C)C. The third-order valence-corrected chi connectivity index (χ3v) is 6.63. The number of anilines is 2. The van der Waals surface area contributed by atoms with Crippen molar-refractivity contribution in [1.82, 2.24) is 14.8 Å². The number of hydrogen-bond donors (Lipinski definition) is 2. The monoisotopic (exact) mass is 451 g/mol. The van der Waals surface area contributed by atoms with Crippen molar-refractivity contribution in [3.05, 3.63) is 70.6 Å². The van der Waals surface area contributed by atoms with E-state index in [1.807, 2.05) is 48.5 Å². The Morgan fingerprint density at radius 3 is 2.53 bits per heavy atom. The smallest absolute Gasteiger partial charge is 0.322 e. The van der Waals surface area contributed by atoms with E-state index in [1.54, 1.807) is 31.4 Å². The molecule has 1 atom stereocenters. The quantitative estimate of drug-likeness (QED) is 0.561. The molecule has 2 heterocycles. The molecule has 2 aromatic carbocycles. The topological polar surface area (TPSA) is 100 Å². The predicted molar refractivity (Wildman–Crippen MR) is 125 cm³/mol. The number of benzene rings is 2. The van der Waals surface area contributed by atoms with Gasteiger partial charge in [0.2, 0.25) is 11.8 Å². The fraction of sp³-hybridized carbons (Fsp3) is 0.304. The van der Waals surface area contributed by atoms with E-state index in [2.05, 4.69) is 15.5 Å². The molecule has 32 heavy (non-hydrogen) atoms. The molecular weight excluding hydrogens is 426 g/mol. The number of nitrogens with zero attached hydrogens (tertiary/aromatic N) is 3. The molecule has 0 saturated heterocycles. The lowest BCUT2D eigenvalue weighted by molar-refractivity contribution is -0.126. The lowest BCUT2D eigenvalue weighted by Gasteiger charge is -2.43. The second kappa shape index (κ2) is 8.66. The van der Waals surface area contributed by atoms with Crippen LogP contribution in [0.2, 0.25) is 0 Å². The van der Waals surface area contributed by atoms with Gasteiger partial charge in [0.1, 0.15) is 5.54 Å². The van der Waals surface area contributed by atoms with Gasteiger partial charge >= 0.3 is 5.69 Å². The summed E-state index contributed by atoms with van der Waals surface area (Å²) in [5.41, 5.74) is 0.989. The molecule has 0 bridgehead atoms. The largest absolute Gasteiger partial charge is 0.343 e. The van der Waals surface area contributed by atoms with Crippen LogP contribution in [0.25, 0.3) is 0 Å². The van der Waals surface area contributed by atoms with Gasteiger partial charge in [-0.3, -0.25) is 19.1 Å². The number of thioether (sulfide) groups is 1. The summed E-state index contributed by atoms with van der Waals surface area (Å²) in [7, 11) is 0. The van der Waals surface area contributed by atoms with Crippen molar-refractivity contribution in [3.63, 3.8) is 0 Å². The fourth-order valence-corrected chi connectivity index (χ4v) is 4.63. The van der Waals surface area contributed by atoms with Gasteiger partial charge in [-0.05, 0) is 44.9 Å². The van der Waals surface area contributed by atoms with Crippen LogP contribution in [-0.4, -0.2) is 37.4 Å². The molecule has 9 heteroatoms. The number of aromatic amines is 1. The highest BCUT2D eigenvalue weighted by Gasteiger charge is 2.45. The zero-order chi connectivity index (χ0) is 22.9. The Hall–Kier alpha value is -3.33. The van der Waals surface area contributed by atoms with Gasteiger partial charge in [0.05, 0.1) is 16.6 Å². The van der Waals surface area contributed by atoms with Gasteiger partial charge in [0, 0.05) is 6.54 Å². The first-order chi connectivity index (χ1) is 15.3. The van der Waals surface area contributed by atoms with Crippen LogP contribution in [0, 0.1) is 0 Å². The number of hydrogen-bond acceptors (Lipinski definition) is 5. The first kappa shape index (κ1) is 21.9. The maximum Gasteiger partial charge on any atom is 0.343 e. The van der Waals surface area contributed by atoms with Crippen LogP contribution in [0.4, 0.5) is 11.4 Å². The lowest BCUT2D eigenvalue weighted by atomic mass is 9.96. The van der Waals surface area contributed by atoms with Crippen LogP contribution >= 0.6 is 11.8 Å². The molecule has 1 aliphatic heterocycles. The molecule has 0 fully saturated rings. The summed E-state index contributed by atoms with van der Waals surface area (Å²) >= 11 is 1.20. The van der Waals surface area contributed by atoms with E-state index >= 15 is 0 Å². The molecule has 166 valence electrons. The molecule has 0 saturated carbocycles. The number of H-pyrrole nitrogens is 1. The van der Waals surface area contributed by atoms with Crippen LogP contribution in [0.3, 0.4) is 0 Å². The van der Waals surface area contributed by atoms with E-state index in [9.17, 15) is 14.4 Å². The zero-order valence-electron chi connectivity index (χ0n) is 18.2. The van der Waals surface area contributed by atoms with Gasteiger partial charge in [-0.2, -0.15) is 0 Å². The number of para-hydroxylation sites is 2. The summed E-state index contributed by atoms with van der Waals surface area (Å²) in [6.07, 6.45) is 0.670. The Morgan fingerprint density at radius 1 is 1.09 bits per heavy atom. The van der Waals surface area contributed by atoms with Gasteiger partial charge in [-0.15, -0.1) is 5.10 Å². The Morgan fingerprint density at radius 2 is 1.78 bits per heavy atom. The van der Waals surface area contributed by atoms with Crippen molar-refractivity contribution in [2.45, 2.75) is 49.7 Å². The van der Waals surface area contributed by atoms with Crippen LogP contribution in [-0.2, 0) is 22.6 Å². The molecule has 2 amide bonds. The average molecular weight is 452 g/mol. The van der Waals surface area contributed by atoms with Crippen LogP contribution in [0.1, 0.15) is 26.3 Å². The summed E-state index contributed by atoms with van der Waals surface area (Å²) in [6, 6.07) is 17.1. The van der Waals surface area contributed by atoms with Crippen LogP contribution in [0.5, 0.6) is 0 Å². The highest BCUT2D eigenvalue weighted by atomic mass is 32.2. The van der Waals surface area contributed by atoms with Crippen LogP contribution in [0.15, 0.2) is 64.5 Å². The number of rotatable bonds is 6. The van der Waals surface area contributed by atoms with Crippen LogP contribution < -0.4 is 15.9 Å². The molecule has 0 spiro atoms. The summed E-state index contributed by atoms with van der Waals surface area (Å²) in [5.74, 6) is -0.478. The standard InChI is InChI=1S/C23H25N5O3S/c1-15(19(29)28-18-12-8-7-11-17(18)24-20(30)23(28,2)3)32-22-26-25-21(31)27(22)14-13-16-9-5-4-6-10-16/h4-12,15H,13-14H2,1-3H3,(H,24,30)(H,25,31). The van der Waals surface area contributed by atoms with Crippen molar-refractivity contribution in [1.29, 1.82) is 0 Å². The molecular formula is C23H25N5O3S. The molecule has 3 aromatic rings. The van der Waals surface area contributed by atoms with Crippen molar-refractivity contribution in [2.75, 3.05) is 10.2 Å².